The number of allylic oxidation sites excluding steroid dienone is 3. The number of halogens is 1. The summed E-state index contributed by atoms with van der Waals surface area (Å²) in [6, 6.07) is 0.413. The van der Waals surface area contributed by atoms with Crippen LogP contribution in [0, 0.1) is 0 Å². The lowest BCUT2D eigenvalue weighted by Gasteiger charge is -2.21. The summed E-state index contributed by atoms with van der Waals surface area (Å²) in [5.74, 6) is 0. The van der Waals surface area contributed by atoms with Crippen molar-refractivity contribution in [3.05, 3.63) is 23.9 Å². The zero-order valence-corrected chi connectivity index (χ0v) is 9.22. The highest BCUT2D eigenvalue weighted by atomic mass is 79.9. The third-order valence-electron chi connectivity index (χ3n) is 1.58. The third-order valence-corrected chi connectivity index (χ3v) is 2.79. The molecule has 0 heterocycles. The van der Waals surface area contributed by atoms with Gasteiger partial charge in [0.25, 0.3) is 0 Å². The van der Waals surface area contributed by atoms with Gasteiger partial charge in [0.05, 0.1) is 6.04 Å². The molecule has 0 amide bonds. The smallest absolute Gasteiger partial charge is 0.0555 e. The zero-order valence-electron chi connectivity index (χ0n) is 7.63. The maximum Gasteiger partial charge on any atom is 0.0555 e. The first-order valence-electron chi connectivity index (χ1n) is 3.84. The minimum Gasteiger partial charge on any atom is -0.307 e. The monoisotopic (exact) mass is 217 g/mol. The molecule has 0 aliphatic rings. The molecule has 0 rings (SSSR count). The van der Waals surface area contributed by atoms with E-state index in [2.05, 4.69) is 52.1 Å². The molecule has 11 heavy (non-hydrogen) atoms. The molecule has 0 aromatic heterocycles. The number of hydrogen-bond acceptors (Lipinski definition) is 1. The number of hydrogen-bond donors (Lipinski definition) is 0. The summed E-state index contributed by atoms with van der Waals surface area (Å²) in [4.78, 5) is 0. The third kappa shape index (κ3) is 3.61. The van der Waals surface area contributed by atoms with Crippen LogP contribution in [0.4, 0.5) is 0 Å². The summed E-state index contributed by atoms with van der Waals surface area (Å²) >= 11 is 3.48. The van der Waals surface area contributed by atoms with Crippen molar-refractivity contribution in [2.24, 2.45) is 0 Å². The molecule has 0 aliphatic carbocycles. The lowest BCUT2D eigenvalue weighted by Crippen LogP contribution is -2.19. The summed E-state index contributed by atoms with van der Waals surface area (Å²) in [7, 11) is 0. The first kappa shape index (κ1) is 10.8. The van der Waals surface area contributed by atoms with E-state index in [1.54, 1.807) is 0 Å². The summed E-state index contributed by atoms with van der Waals surface area (Å²) < 4.78 is 2.06. The fraction of sp³-hybridized carbons (Fsp3) is 0.556. The predicted octanol–water partition coefficient (Wildman–Crippen LogP) is 3.49. The summed E-state index contributed by atoms with van der Waals surface area (Å²) in [5.41, 5.74) is 1.23. The highest BCUT2D eigenvalue weighted by Crippen LogP contribution is 2.14. The Bertz CT molecular complexity index is 161. The maximum absolute atomic E-state index is 3.48. The van der Waals surface area contributed by atoms with Crippen molar-refractivity contribution in [1.29, 1.82) is 0 Å². The van der Waals surface area contributed by atoms with Crippen LogP contribution in [0.1, 0.15) is 27.7 Å². The molecule has 0 aromatic rings. The minimum atomic E-state index is 0.413. The van der Waals surface area contributed by atoms with Crippen molar-refractivity contribution >= 4 is 16.1 Å². The molecule has 1 atom stereocenters. The first-order valence-corrected chi connectivity index (χ1v) is 4.55. The van der Waals surface area contributed by atoms with Crippen LogP contribution in [0.5, 0.6) is 0 Å². The van der Waals surface area contributed by atoms with Gasteiger partial charge in [-0.1, -0.05) is 18.2 Å². The summed E-state index contributed by atoms with van der Waals surface area (Å²) in [6.45, 7) is 8.28. The van der Waals surface area contributed by atoms with E-state index in [4.69, 9.17) is 0 Å². The van der Waals surface area contributed by atoms with Crippen LogP contribution in [0.25, 0.3) is 0 Å². The summed E-state index contributed by atoms with van der Waals surface area (Å²) in [5, 5.41) is 0. The SMILES string of the molecule is C/C=C\C(C)N(Br)/C(C)=C\C. The van der Waals surface area contributed by atoms with Crippen molar-refractivity contribution in [3.8, 4) is 0 Å². The fourth-order valence-corrected chi connectivity index (χ4v) is 1.14. The van der Waals surface area contributed by atoms with E-state index >= 15 is 0 Å². The van der Waals surface area contributed by atoms with Crippen LogP contribution in [0.15, 0.2) is 23.9 Å². The number of rotatable bonds is 3. The van der Waals surface area contributed by atoms with Crippen molar-refractivity contribution in [2.45, 2.75) is 33.7 Å². The Morgan fingerprint density at radius 3 is 2.36 bits per heavy atom. The molecule has 0 aromatic carbocycles. The van der Waals surface area contributed by atoms with Gasteiger partial charge in [-0.2, -0.15) is 0 Å². The zero-order chi connectivity index (χ0) is 8.85. The first-order chi connectivity index (χ1) is 5.13. The van der Waals surface area contributed by atoms with Gasteiger partial charge in [0.1, 0.15) is 0 Å². The van der Waals surface area contributed by atoms with Gasteiger partial charge in [0, 0.05) is 21.8 Å². The Balaban J connectivity index is 4.12. The average molecular weight is 218 g/mol. The second-order valence-electron chi connectivity index (χ2n) is 2.51. The highest BCUT2D eigenvalue weighted by Gasteiger charge is 2.05. The van der Waals surface area contributed by atoms with E-state index < -0.39 is 0 Å². The molecule has 1 unspecified atom stereocenters. The Morgan fingerprint density at radius 1 is 1.45 bits per heavy atom. The normalized spacial score (nSPS) is 15.5. The lowest BCUT2D eigenvalue weighted by molar-refractivity contribution is 0.532. The van der Waals surface area contributed by atoms with Gasteiger partial charge in [-0.25, -0.2) is 0 Å². The molecule has 2 heteroatoms. The standard InChI is InChI=1S/C9H16BrN/c1-5-7-9(4)11(10)8(3)6-2/h5-7,9H,1-4H3/b7-5-,8-6-. The molecular weight excluding hydrogens is 202 g/mol. The van der Waals surface area contributed by atoms with Crippen LogP contribution >= 0.6 is 16.1 Å². The summed E-state index contributed by atoms with van der Waals surface area (Å²) in [6.07, 6.45) is 6.28. The largest absolute Gasteiger partial charge is 0.307 e. The predicted molar refractivity (Wildman–Crippen MR) is 54.5 cm³/mol. The highest BCUT2D eigenvalue weighted by molar-refractivity contribution is 9.07. The van der Waals surface area contributed by atoms with E-state index in [1.807, 2.05) is 13.8 Å². The molecule has 1 nitrogen and oxygen atoms in total. The Hall–Kier alpha value is -0.240. The molecular formula is C9H16BrN. The van der Waals surface area contributed by atoms with Crippen LogP contribution in [-0.2, 0) is 0 Å². The minimum absolute atomic E-state index is 0.413. The Labute approximate surface area is 78.1 Å². The lowest BCUT2D eigenvalue weighted by atomic mass is 10.3. The molecule has 64 valence electrons. The van der Waals surface area contributed by atoms with E-state index in [9.17, 15) is 0 Å². The molecule has 0 spiro atoms. The van der Waals surface area contributed by atoms with E-state index in [0.29, 0.717) is 6.04 Å². The van der Waals surface area contributed by atoms with Gasteiger partial charge in [0.2, 0.25) is 0 Å². The number of nitrogens with zero attached hydrogens (tertiary/aromatic N) is 1. The van der Waals surface area contributed by atoms with Gasteiger partial charge >= 0.3 is 0 Å². The average Bonchev–Trinajstić information content (AvgIpc) is 2.02. The van der Waals surface area contributed by atoms with Crippen molar-refractivity contribution < 1.29 is 0 Å². The van der Waals surface area contributed by atoms with Gasteiger partial charge in [0.15, 0.2) is 0 Å². The van der Waals surface area contributed by atoms with Crippen LogP contribution in [-0.4, -0.2) is 9.97 Å². The molecule has 0 aliphatic heterocycles. The molecule has 0 bridgehead atoms. The van der Waals surface area contributed by atoms with Gasteiger partial charge in [-0.05, 0) is 27.7 Å². The van der Waals surface area contributed by atoms with Crippen LogP contribution in [0.3, 0.4) is 0 Å². The van der Waals surface area contributed by atoms with Gasteiger partial charge in [-0.15, -0.1) is 0 Å². The van der Waals surface area contributed by atoms with Gasteiger partial charge < -0.3 is 3.93 Å². The van der Waals surface area contributed by atoms with Crippen molar-refractivity contribution in [3.63, 3.8) is 0 Å². The van der Waals surface area contributed by atoms with Crippen LogP contribution < -0.4 is 0 Å². The van der Waals surface area contributed by atoms with E-state index in [1.165, 1.54) is 5.70 Å². The second kappa shape index (κ2) is 5.42. The molecule has 0 saturated carbocycles. The fourth-order valence-electron chi connectivity index (χ4n) is 0.799. The van der Waals surface area contributed by atoms with Crippen LogP contribution in [0.2, 0.25) is 0 Å². The quantitative estimate of drug-likeness (QED) is 0.517. The molecule has 0 fully saturated rings. The topological polar surface area (TPSA) is 3.24 Å². The molecule has 0 saturated heterocycles. The maximum atomic E-state index is 3.48. The molecule has 0 radical (unpaired) electrons. The Morgan fingerprint density at radius 2 is 2.00 bits per heavy atom. The van der Waals surface area contributed by atoms with Crippen molar-refractivity contribution in [1.82, 2.24) is 3.93 Å². The molecule has 0 N–H and O–H groups in total. The Kier molecular flexibility index (Phi) is 5.30. The van der Waals surface area contributed by atoms with Crippen molar-refractivity contribution in [2.75, 3.05) is 0 Å². The van der Waals surface area contributed by atoms with Gasteiger partial charge in [-0.3, -0.25) is 0 Å². The van der Waals surface area contributed by atoms with E-state index in [0.717, 1.165) is 0 Å². The van der Waals surface area contributed by atoms with E-state index in [-0.39, 0.29) is 0 Å². The second-order valence-corrected chi connectivity index (χ2v) is 3.27.